The number of hydrogen-bond acceptors (Lipinski definition) is 1. The first-order chi connectivity index (χ1) is 15.5. The molecule has 0 bridgehead atoms. The molecule has 2 aromatic rings. The Bertz CT molecular complexity index is 890. The van der Waals surface area contributed by atoms with Crippen LogP contribution in [0.15, 0.2) is 96.6 Å². The normalized spacial score (nSPS) is 14.5. The minimum atomic E-state index is -2.49. The van der Waals surface area contributed by atoms with Gasteiger partial charge < -0.3 is 4.43 Å². The fourth-order valence-corrected chi connectivity index (χ4v) is 9.22. The maximum Gasteiger partial charge on any atom is 0.261 e. The van der Waals surface area contributed by atoms with Crippen molar-refractivity contribution in [3.05, 3.63) is 96.6 Å². The summed E-state index contributed by atoms with van der Waals surface area (Å²) >= 11 is 0. The summed E-state index contributed by atoms with van der Waals surface area (Å²) < 4.78 is 7.02. The highest BCUT2D eigenvalue weighted by Gasteiger charge is 2.49. The van der Waals surface area contributed by atoms with E-state index >= 15 is 0 Å². The molecule has 178 valence electrons. The SMILES string of the molecule is C=CC(C)(CCC=C(C)C)C/C(C)=C/CO[Si](c1ccccc1)(c1ccccc1)C(C)(C)C. The minimum Gasteiger partial charge on any atom is -0.404 e. The van der Waals surface area contributed by atoms with Crippen molar-refractivity contribution in [2.24, 2.45) is 5.41 Å². The van der Waals surface area contributed by atoms with Gasteiger partial charge in [-0.05, 0) is 60.9 Å². The Morgan fingerprint density at radius 3 is 1.79 bits per heavy atom. The summed E-state index contributed by atoms with van der Waals surface area (Å²) in [5.41, 5.74) is 2.85. The van der Waals surface area contributed by atoms with Crippen molar-refractivity contribution in [3.8, 4) is 0 Å². The molecule has 0 heterocycles. The summed E-state index contributed by atoms with van der Waals surface area (Å²) in [5.74, 6) is 0. The van der Waals surface area contributed by atoms with Crippen LogP contribution in [0, 0.1) is 5.41 Å². The number of rotatable bonds is 11. The standard InChI is InChI=1S/C31H44OSi/c1-9-31(8,23-16-17-26(2)3)25-27(4)22-24-32-33(30(5,6)7,28-18-12-10-13-19-28)29-20-14-11-15-21-29/h9-15,17-22H,1,16,23-25H2,2-8H3/b27-22+. The van der Waals surface area contributed by atoms with Crippen LogP contribution in [0.3, 0.4) is 0 Å². The quantitative estimate of drug-likeness (QED) is 0.245. The van der Waals surface area contributed by atoms with Gasteiger partial charge in [-0.3, -0.25) is 0 Å². The molecule has 0 saturated carbocycles. The highest BCUT2D eigenvalue weighted by atomic mass is 28.4. The first-order valence-corrected chi connectivity index (χ1v) is 14.1. The molecule has 0 aromatic heterocycles. The largest absolute Gasteiger partial charge is 0.404 e. The molecular formula is C31H44OSi. The van der Waals surface area contributed by atoms with Crippen molar-refractivity contribution in [1.29, 1.82) is 0 Å². The summed E-state index contributed by atoms with van der Waals surface area (Å²) in [6.45, 7) is 20.6. The Morgan fingerprint density at radius 1 is 0.848 bits per heavy atom. The predicted molar refractivity (Wildman–Crippen MR) is 149 cm³/mol. The molecule has 0 spiro atoms. The Morgan fingerprint density at radius 2 is 1.36 bits per heavy atom. The Balaban J connectivity index is 2.30. The maximum absolute atomic E-state index is 7.02. The maximum atomic E-state index is 7.02. The van der Waals surface area contributed by atoms with Crippen LogP contribution < -0.4 is 10.4 Å². The lowest BCUT2D eigenvalue weighted by Gasteiger charge is -2.42. The van der Waals surface area contributed by atoms with Crippen LogP contribution in [0.2, 0.25) is 5.04 Å². The molecule has 0 aliphatic rings. The van der Waals surface area contributed by atoms with E-state index in [1.54, 1.807) is 0 Å². The monoisotopic (exact) mass is 460 g/mol. The molecule has 2 heteroatoms. The lowest BCUT2D eigenvalue weighted by molar-refractivity contribution is 0.335. The third-order valence-electron chi connectivity index (χ3n) is 6.59. The van der Waals surface area contributed by atoms with Crippen molar-refractivity contribution in [1.82, 2.24) is 0 Å². The van der Waals surface area contributed by atoms with Gasteiger partial charge >= 0.3 is 0 Å². The molecule has 0 aliphatic heterocycles. The van der Waals surface area contributed by atoms with E-state index in [1.807, 2.05) is 0 Å². The topological polar surface area (TPSA) is 9.23 Å². The van der Waals surface area contributed by atoms with Gasteiger partial charge in [0.2, 0.25) is 0 Å². The van der Waals surface area contributed by atoms with E-state index in [2.05, 4.69) is 134 Å². The van der Waals surface area contributed by atoms with E-state index in [0.717, 1.165) is 19.3 Å². The number of allylic oxidation sites excluding steroid dienone is 4. The number of benzene rings is 2. The number of hydrogen-bond donors (Lipinski definition) is 0. The lowest BCUT2D eigenvalue weighted by Crippen LogP contribution is -2.66. The first kappa shape index (κ1) is 27.1. The van der Waals surface area contributed by atoms with E-state index in [4.69, 9.17) is 4.43 Å². The van der Waals surface area contributed by atoms with Crippen molar-refractivity contribution in [2.45, 2.75) is 72.8 Å². The lowest BCUT2D eigenvalue weighted by atomic mass is 9.79. The van der Waals surface area contributed by atoms with Gasteiger partial charge in [-0.15, -0.1) is 6.58 Å². The second-order valence-corrected chi connectivity index (χ2v) is 15.2. The zero-order valence-corrected chi connectivity index (χ0v) is 22.9. The molecule has 2 rings (SSSR count). The molecule has 0 amide bonds. The van der Waals surface area contributed by atoms with E-state index in [9.17, 15) is 0 Å². The summed E-state index contributed by atoms with van der Waals surface area (Å²) in [4.78, 5) is 0. The molecule has 1 unspecified atom stereocenters. The zero-order chi connectivity index (χ0) is 24.5. The highest BCUT2D eigenvalue weighted by Crippen LogP contribution is 2.37. The fraction of sp³-hybridized carbons (Fsp3) is 0.419. The van der Waals surface area contributed by atoms with Gasteiger partial charge in [0.1, 0.15) is 0 Å². The van der Waals surface area contributed by atoms with Crippen LogP contribution in [-0.2, 0) is 4.43 Å². The van der Waals surface area contributed by atoms with Crippen LogP contribution in [0.1, 0.15) is 67.7 Å². The van der Waals surface area contributed by atoms with Crippen molar-refractivity contribution >= 4 is 18.7 Å². The third-order valence-corrected chi connectivity index (χ3v) is 11.6. The fourth-order valence-electron chi connectivity index (χ4n) is 4.73. The van der Waals surface area contributed by atoms with Gasteiger partial charge in [0.15, 0.2) is 0 Å². The van der Waals surface area contributed by atoms with Gasteiger partial charge in [0.25, 0.3) is 8.32 Å². The van der Waals surface area contributed by atoms with Crippen LogP contribution in [0.4, 0.5) is 0 Å². The van der Waals surface area contributed by atoms with Gasteiger partial charge in [0.05, 0.1) is 6.61 Å². The average Bonchev–Trinajstić information content (AvgIpc) is 2.77. The second kappa shape index (κ2) is 11.8. The zero-order valence-electron chi connectivity index (χ0n) is 21.9. The average molecular weight is 461 g/mol. The molecule has 0 aliphatic carbocycles. The van der Waals surface area contributed by atoms with E-state index in [0.29, 0.717) is 6.61 Å². The molecule has 1 nitrogen and oxygen atoms in total. The van der Waals surface area contributed by atoms with Gasteiger partial charge in [0, 0.05) is 0 Å². The van der Waals surface area contributed by atoms with Crippen LogP contribution in [0.25, 0.3) is 0 Å². The van der Waals surface area contributed by atoms with Crippen molar-refractivity contribution in [3.63, 3.8) is 0 Å². The molecule has 0 N–H and O–H groups in total. The molecule has 33 heavy (non-hydrogen) atoms. The van der Waals surface area contributed by atoms with Gasteiger partial charge in [-0.1, -0.05) is 118 Å². The Kier molecular flexibility index (Phi) is 9.69. The first-order valence-electron chi connectivity index (χ1n) is 12.2. The van der Waals surface area contributed by atoms with E-state index in [1.165, 1.54) is 21.5 Å². The molecular weight excluding hydrogens is 416 g/mol. The molecule has 2 aromatic carbocycles. The minimum absolute atomic E-state index is 0.00255. The smallest absolute Gasteiger partial charge is 0.261 e. The summed E-state index contributed by atoms with van der Waals surface area (Å²) in [6.07, 6.45) is 9.97. The highest BCUT2D eigenvalue weighted by molar-refractivity contribution is 6.99. The van der Waals surface area contributed by atoms with E-state index in [-0.39, 0.29) is 10.5 Å². The van der Waals surface area contributed by atoms with Crippen LogP contribution in [-0.4, -0.2) is 14.9 Å². The molecule has 0 radical (unpaired) electrons. The van der Waals surface area contributed by atoms with Crippen molar-refractivity contribution < 1.29 is 4.43 Å². The van der Waals surface area contributed by atoms with Crippen LogP contribution >= 0.6 is 0 Å². The van der Waals surface area contributed by atoms with Gasteiger partial charge in [-0.25, -0.2) is 0 Å². The van der Waals surface area contributed by atoms with E-state index < -0.39 is 8.32 Å². The van der Waals surface area contributed by atoms with Crippen LogP contribution in [0.5, 0.6) is 0 Å². The Hall–Kier alpha value is -2.16. The second-order valence-electron chi connectivity index (χ2n) is 10.9. The summed E-state index contributed by atoms with van der Waals surface area (Å²) in [5, 5.41) is 2.65. The Labute approximate surface area is 204 Å². The predicted octanol–water partition coefficient (Wildman–Crippen LogP) is 7.84. The summed E-state index contributed by atoms with van der Waals surface area (Å²) in [7, 11) is -2.49. The van der Waals surface area contributed by atoms with Crippen molar-refractivity contribution in [2.75, 3.05) is 6.61 Å². The molecule has 0 fully saturated rings. The summed E-state index contributed by atoms with van der Waals surface area (Å²) in [6, 6.07) is 21.7. The van der Waals surface area contributed by atoms with Gasteiger partial charge in [-0.2, -0.15) is 0 Å². The molecule has 0 saturated heterocycles. The third kappa shape index (κ3) is 7.16. The molecule has 1 atom stereocenters.